The van der Waals surface area contributed by atoms with Gasteiger partial charge in [0.1, 0.15) is 21.8 Å². The van der Waals surface area contributed by atoms with Gasteiger partial charge in [-0.25, -0.2) is 18.4 Å². The number of anilines is 1. The fourth-order valence-corrected chi connectivity index (χ4v) is 5.59. The molecule has 4 atom stereocenters. The van der Waals surface area contributed by atoms with Crippen LogP contribution in [0.15, 0.2) is 5.16 Å². The zero-order valence-corrected chi connectivity index (χ0v) is 19.2. The van der Waals surface area contributed by atoms with Crippen molar-refractivity contribution >= 4 is 50.0 Å². The highest BCUT2D eigenvalue weighted by Crippen LogP contribution is 2.43. The van der Waals surface area contributed by atoms with Gasteiger partial charge < -0.3 is 14.8 Å². The van der Waals surface area contributed by atoms with Crippen LogP contribution in [0.2, 0.25) is 0 Å². The van der Waals surface area contributed by atoms with Gasteiger partial charge in [-0.05, 0) is 56.0 Å². The fourth-order valence-electron chi connectivity index (χ4n) is 3.68. The van der Waals surface area contributed by atoms with Crippen molar-refractivity contribution in [3.8, 4) is 0 Å². The highest BCUT2D eigenvalue weighted by Gasteiger charge is 2.54. The van der Waals surface area contributed by atoms with Crippen molar-refractivity contribution in [3.63, 3.8) is 0 Å². The topological polar surface area (TPSA) is 90.4 Å². The van der Waals surface area contributed by atoms with Gasteiger partial charge in [-0.15, -0.1) is 0 Å². The predicted molar refractivity (Wildman–Crippen MR) is 110 cm³/mol. The molecular formula is C16H24IN3O4S2. The lowest BCUT2D eigenvalue weighted by atomic mass is 10.1. The number of nitrogens with one attached hydrogen (secondary N) is 1. The van der Waals surface area contributed by atoms with E-state index in [0.717, 1.165) is 15.1 Å². The van der Waals surface area contributed by atoms with E-state index in [4.69, 9.17) is 9.47 Å². The third-order valence-electron chi connectivity index (χ3n) is 4.60. The summed E-state index contributed by atoms with van der Waals surface area (Å²) in [5, 5.41) is 4.18. The molecule has 0 bridgehead atoms. The Balaban J connectivity index is 1.87. The normalized spacial score (nSPS) is 30.4. The summed E-state index contributed by atoms with van der Waals surface area (Å²) in [6, 6.07) is -0.0638. The monoisotopic (exact) mass is 513 g/mol. The van der Waals surface area contributed by atoms with E-state index in [1.54, 1.807) is 0 Å². The lowest BCUT2D eigenvalue weighted by molar-refractivity contribution is -0.156. The van der Waals surface area contributed by atoms with Crippen LogP contribution in [0, 0.1) is 16.4 Å². The number of hydrogen-bond acceptors (Lipinski definition) is 8. The van der Waals surface area contributed by atoms with E-state index in [9.17, 15) is 8.42 Å². The fraction of sp³-hybridized carbons (Fsp3) is 0.750. The number of thioether (sulfide) groups is 1. The summed E-state index contributed by atoms with van der Waals surface area (Å²) in [6.07, 6.45) is 3.42. The predicted octanol–water partition coefficient (Wildman–Crippen LogP) is 2.48. The van der Waals surface area contributed by atoms with Crippen LogP contribution in [0.3, 0.4) is 0 Å². The molecule has 1 aromatic rings. The number of halogens is 1. The Morgan fingerprint density at radius 1 is 1.31 bits per heavy atom. The molecule has 3 rings (SSSR count). The summed E-state index contributed by atoms with van der Waals surface area (Å²) >= 11 is 3.72. The first-order valence-corrected chi connectivity index (χ1v) is 12.7. The van der Waals surface area contributed by atoms with Crippen molar-refractivity contribution in [2.75, 3.05) is 23.6 Å². The van der Waals surface area contributed by atoms with Gasteiger partial charge in [-0.3, -0.25) is 0 Å². The molecule has 26 heavy (non-hydrogen) atoms. The van der Waals surface area contributed by atoms with Crippen molar-refractivity contribution in [2.24, 2.45) is 5.92 Å². The van der Waals surface area contributed by atoms with Crippen LogP contribution < -0.4 is 5.32 Å². The quantitative estimate of drug-likeness (QED) is 0.365. The van der Waals surface area contributed by atoms with Crippen LogP contribution in [-0.4, -0.2) is 60.7 Å². The molecular weight excluding hydrogens is 489 g/mol. The molecule has 1 saturated heterocycles. The van der Waals surface area contributed by atoms with Gasteiger partial charge in [0.25, 0.3) is 0 Å². The van der Waals surface area contributed by atoms with Crippen molar-refractivity contribution < 1.29 is 17.9 Å². The first kappa shape index (κ1) is 20.6. The smallest absolute Gasteiger partial charge is 0.189 e. The van der Waals surface area contributed by atoms with E-state index >= 15 is 0 Å². The van der Waals surface area contributed by atoms with E-state index in [1.165, 1.54) is 18.0 Å². The molecule has 146 valence electrons. The number of aromatic nitrogens is 2. The second-order valence-electron chi connectivity index (χ2n) is 7.36. The zero-order valence-electron chi connectivity index (χ0n) is 15.4. The molecule has 2 fully saturated rings. The third kappa shape index (κ3) is 4.45. The Bertz CT molecular complexity index is 803. The average molecular weight is 513 g/mol. The Morgan fingerprint density at radius 3 is 2.58 bits per heavy atom. The van der Waals surface area contributed by atoms with E-state index < -0.39 is 15.6 Å². The summed E-state index contributed by atoms with van der Waals surface area (Å²) in [5.74, 6) is 0.0428. The number of ether oxygens (including phenoxy) is 2. The maximum Gasteiger partial charge on any atom is 0.189 e. The van der Waals surface area contributed by atoms with Crippen LogP contribution in [0.1, 0.15) is 26.0 Å². The molecule has 1 N–H and O–H groups in total. The molecule has 1 aliphatic carbocycles. The molecule has 7 nitrogen and oxygen atoms in total. The number of rotatable bonds is 5. The molecule has 0 unspecified atom stereocenters. The van der Waals surface area contributed by atoms with Crippen LogP contribution in [0.25, 0.3) is 0 Å². The molecule has 2 aliphatic rings. The second-order valence-corrected chi connectivity index (χ2v) is 11.4. The maximum absolute atomic E-state index is 11.8. The van der Waals surface area contributed by atoms with Crippen LogP contribution in [-0.2, 0) is 19.3 Å². The molecule has 0 radical (unpaired) electrons. The van der Waals surface area contributed by atoms with Crippen LogP contribution in [0.4, 0.5) is 5.82 Å². The summed E-state index contributed by atoms with van der Waals surface area (Å²) in [7, 11) is -3.10. The molecule has 1 saturated carbocycles. The summed E-state index contributed by atoms with van der Waals surface area (Å²) in [4.78, 5) is 9.03. The SMILES string of the molecule is CSc1nc(C)c(I)c(N[C@@H]2C[C@H](CS(C)(=O)=O)[C@H]3OC(C)(C)O[C@H]32)n1. The Hall–Kier alpha value is -0.170. The number of nitrogens with zero attached hydrogens (tertiary/aromatic N) is 2. The standard InChI is InChI=1S/C16H24IN3O4S2/c1-8-11(17)14(20-15(18-8)25-4)19-10-6-9(7-26(5,21)22)12-13(10)24-16(2,3)23-12/h9-10,12-13H,6-7H2,1-5H3,(H,18,19,20)/t9-,10-,12-,13+/m1/s1. The van der Waals surface area contributed by atoms with E-state index in [-0.39, 0.29) is 29.9 Å². The molecule has 0 spiro atoms. The van der Waals surface area contributed by atoms with Gasteiger partial charge in [0.15, 0.2) is 10.9 Å². The largest absolute Gasteiger partial charge is 0.364 e. The third-order valence-corrected chi connectivity index (χ3v) is 7.47. The van der Waals surface area contributed by atoms with Gasteiger partial charge in [0.05, 0.1) is 27.2 Å². The summed E-state index contributed by atoms with van der Waals surface area (Å²) in [5.41, 5.74) is 0.915. The maximum atomic E-state index is 11.8. The second kappa shape index (κ2) is 7.34. The lowest BCUT2D eigenvalue weighted by Crippen LogP contribution is -2.35. The summed E-state index contributed by atoms with van der Waals surface area (Å²) in [6.45, 7) is 5.69. The first-order valence-electron chi connectivity index (χ1n) is 8.37. The zero-order chi connectivity index (χ0) is 19.3. The Kier molecular flexibility index (Phi) is 5.80. The van der Waals surface area contributed by atoms with E-state index in [2.05, 4.69) is 37.9 Å². The van der Waals surface area contributed by atoms with E-state index in [1.807, 2.05) is 27.0 Å². The molecule has 0 amide bonds. The van der Waals surface area contributed by atoms with E-state index in [0.29, 0.717) is 11.6 Å². The van der Waals surface area contributed by atoms with Gasteiger partial charge in [-0.2, -0.15) is 0 Å². The molecule has 2 heterocycles. The van der Waals surface area contributed by atoms with Gasteiger partial charge in [0.2, 0.25) is 0 Å². The average Bonchev–Trinajstić information content (AvgIpc) is 2.97. The number of fused-ring (bicyclic) bond motifs is 1. The van der Waals surface area contributed by atoms with Crippen molar-refractivity contribution in [1.29, 1.82) is 0 Å². The first-order chi connectivity index (χ1) is 12.0. The van der Waals surface area contributed by atoms with Crippen molar-refractivity contribution in [1.82, 2.24) is 9.97 Å². The Labute approximate surface area is 172 Å². The minimum Gasteiger partial charge on any atom is -0.364 e. The van der Waals surface area contributed by atoms with Gasteiger partial charge >= 0.3 is 0 Å². The van der Waals surface area contributed by atoms with Gasteiger partial charge in [-0.1, -0.05) is 11.8 Å². The number of sulfone groups is 1. The van der Waals surface area contributed by atoms with Crippen LogP contribution >= 0.6 is 34.4 Å². The number of aryl methyl sites for hydroxylation is 1. The highest BCUT2D eigenvalue weighted by molar-refractivity contribution is 14.1. The van der Waals surface area contributed by atoms with Crippen molar-refractivity contribution in [3.05, 3.63) is 9.26 Å². The summed E-state index contributed by atoms with van der Waals surface area (Å²) < 4.78 is 36.8. The Morgan fingerprint density at radius 2 is 1.96 bits per heavy atom. The molecule has 0 aromatic carbocycles. The van der Waals surface area contributed by atoms with Crippen LogP contribution in [0.5, 0.6) is 0 Å². The van der Waals surface area contributed by atoms with Crippen molar-refractivity contribution in [2.45, 2.75) is 56.4 Å². The molecule has 1 aliphatic heterocycles. The lowest BCUT2D eigenvalue weighted by Gasteiger charge is -2.24. The minimum absolute atomic E-state index is 0.0638. The number of hydrogen-bond donors (Lipinski definition) is 1. The molecule has 10 heteroatoms. The molecule has 1 aromatic heterocycles. The highest BCUT2D eigenvalue weighted by atomic mass is 127. The minimum atomic E-state index is -3.10. The van der Waals surface area contributed by atoms with Gasteiger partial charge in [0, 0.05) is 12.2 Å².